The van der Waals surface area contributed by atoms with Crippen LogP contribution in [0.15, 0.2) is 42.5 Å². The highest BCUT2D eigenvalue weighted by Crippen LogP contribution is 2.40. The Kier molecular flexibility index (Phi) is 7.31. The second-order valence-corrected chi connectivity index (χ2v) is 9.24. The van der Waals surface area contributed by atoms with E-state index in [0.717, 1.165) is 28.1 Å². The fourth-order valence-corrected chi connectivity index (χ4v) is 3.06. The van der Waals surface area contributed by atoms with Crippen LogP contribution in [0.4, 0.5) is 10.5 Å². The summed E-state index contributed by atoms with van der Waals surface area (Å²) in [7, 11) is 1.62. The van der Waals surface area contributed by atoms with Crippen LogP contribution in [0, 0.1) is 0 Å². The Labute approximate surface area is 174 Å². The number of hydrogen-bond donors (Lipinski definition) is 2. The number of methoxy groups -OCH3 is 1. The molecule has 0 aliphatic rings. The van der Waals surface area contributed by atoms with Crippen LogP contribution in [0.5, 0.6) is 5.75 Å². The molecule has 0 saturated heterocycles. The van der Waals surface area contributed by atoms with E-state index in [1.807, 2.05) is 30.3 Å². The molecule has 0 fully saturated rings. The van der Waals surface area contributed by atoms with Crippen molar-refractivity contribution in [2.75, 3.05) is 19.2 Å². The molecule has 5 heteroatoms. The lowest BCUT2D eigenvalue weighted by atomic mass is 9.78. The Morgan fingerprint density at radius 3 is 1.97 bits per heavy atom. The Hall–Kier alpha value is -2.53. The molecule has 0 heterocycles. The summed E-state index contributed by atoms with van der Waals surface area (Å²) >= 11 is 0. The maximum Gasteiger partial charge on any atom is 0.319 e. The van der Waals surface area contributed by atoms with E-state index in [4.69, 9.17) is 9.47 Å². The van der Waals surface area contributed by atoms with Crippen molar-refractivity contribution in [2.24, 2.45) is 0 Å². The molecule has 29 heavy (non-hydrogen) atoms. The molecule has 2 aromatic carbocycles. The Bertz CT molecular complexity index is 783. The van der Waals surface area contributed by atoms with Gasteiger partial charge in [0.2, 0.25) is 0 Å². The number of anilines is 1. The minimum absolute atomic E-state index is 0.120. The third-order valence-corrected chi connectivity index (χ3v) is 4.57. The van der Waals surface area contributed by atoms with E-state index >= 15 is 0 Å². The van der Waals surface area contributed by atoms with Crippen LogP contribution in [-0.4, -0.2) is 19.9 Å². The first-order valence-corrected chi connectivity index (χ1v) is 9.92. The molecule has 0 aliphatic heterocycles. The van der Waals surface area contributed by atoms with Gasteiger partial charge in [-0.05, 0) is 40.7 Å². The molecule has 2 aromatic rings. The average Bonchev–Trinajstić information content (AvgIpc) is 2.63. The Morgan fingerprint density at radius 2 is 1.48 bits per heavy atom. The lowest BCUT2D eigenvalue weighted by Crippen LogP contribution is -2.29. The number of ether oxygens (including phenoxy) is 2. The van der Waals surface area contributed by atoms with E-state index in [2.05, 4.69) is 64.3 Å². The van der Waals surface area contributed by atoms with Crippen molar-refractivity contribution in [3.05, 3.63) is 59.2 Å². The average molecular weight is 399 g/mol. The highest BCUT2D eigenvalue weighted by atomic mass is 16.7. The molecule has 0 bridgehead atoms. The van der Waals surface area contributed by atoms with Gasteiger partial charge in [-0.2, -0.15) is 0 Å². The molecule has 0 aromatic heterocycles. The molecule has 0 radical (unpaired) electrons. The van der Waals surface area contributed by atoms with Crippen LogP contribution in [-0.2, 0) is 22.1 Å². The lowest BCUT2D eigenvalue weighted by Gasteiger charge is -2.30. The Morgan fingerprint density at radius 1 is 0.931 bits per heavy atom. The van der Waals surface area contributed by atoms with E-state index in [0.29, 0.717) is 6.54 Å². The standard InChI is InChI=1S/C24H34N2O3/c1-23(2,3)19-13-17(14-20(24(4,5)6)21(19)29-16-28-7)15-25-22(27)26-18-11-9-8-10-12-18/h8-14H,15-16H2,1-7H3,(H2,25,26,27). The van der Waals surface area contributed by atoms with Gasteiger partial charge in [-0.15, -0.1) is 0 Å². The molecule has 5 nitrogen and oxygen atoms in total. The number of urea groups is 1. The van der Waals surface area contributed by atoms with Crippen molar-refractivity contribution >= 4 is 11.7 Å². The molecule has 0 unspecified atom stereocenters. The third-order valence-electron chi connectivity index (χ3n) is 4.57. The number of benzene rings is 2. The highest BCUT2D eigenvalue weighted by molar-refractivity contribution is 5.89. The van der Waals surface area contributed by atoms with Crippen LogP contribution < -0.4 is 15.4 Å². The molecule has 2 rings (SSSR count). The number of hydrogen-bond acceptors (Lipinski definition) is 3. The van der Waals surface area contributed by atoms with Crippen LogP contribution in [0.2, 0.25) is 0 Å². The lowest BCUT2D eigenvalue weighted by molar-refractivity contribution is 0.0484. The summed E-state index contributed by atoms with van der Waals surface area (Å²) in [5.74, 6) is 0.865. The quantitative estimate of drug-likeness (QED) is 0.624. The zero-order valence-electron chi connectivity index (χ0n) is 18.7. The predicted octanol–water partition coefficient (Wildman–Crippen LogP) is 5.59. The van der Waals surface area contributed by atoms with Gasteiger partial charge in [-0.25, -0.2) is 4.79 Å². The van der Waals surface area contributed by atoms with Gasteiger partial charge >= 0.3 is 6.03 Å². The molecule has 0 atom stereocenters. The topological polar surface area (TPSA) is 59.6 Å². The largest absolute Gasteiger partial charge is 0.467 e. The summed E-state index contributed by atoms with van der Waals surface area (Å²) in [6.45, 7) is 13.6. The van der Waals surface area contributed by atoms with Crippen LogP contribution in [0.25, 0.3) is 0 Å². The number of para-hydroxylation sites is 1. The first-order chi connectivity index (χ1) is 13.5. The normalized spacial score (nSPS) is 11.8. The SMILES string of the molecule is COCOc1c(C(C)(C)C)cc(CNC(=O)Nc2ccccc2)cc1C(C)(C)C. The second-order valence-electron chi connectivity index (χ2n) is 9.24. The molecule has 0 aliphatic carbocycles. The van der Waals surface area contributed by atoms with E-state index in [9.17, 15) is 4.79 Å². The number of amides is 2. The third kappa shape index (κ3) is 6.50. The number of carbonyl (C=O) groups excluding carboxylic acids is 1. The summed E-state index contributed by atoms with van der Waals surface area (Å²) < 4.78 is 11.2. The summed E-state index contributed by atoms with van der Waals surface area (Å²) in [4.78, 5) is 12.3. The fourth-order valence-electron chi connectivity index (χ4n) is 3.06. The summed E-state index contributed by atoms with van der Waals surface area (Å²) in [5.41, 5.74) is 3.76. The van der Waals surface area contributed by atoms with Gasteiger partial charge in [0.25, 0.3) is 0 Å². The maximum absolute atomic E-state index is 12.3. The van der Waals surface area contributed by atoms with Gasteiger partial charge in [0.05, 0.1) is 0 Å². The van der Waals surface area contributed by atoms with Gasteiger partial charge in [0.15, 0.2) is 6.79 Å². The number of rotatable bonds is 6. The van der Waals surface area contributed by atoms with Crippen molar-refractivity contribution in [1.82, 2.24) is 5.32 Å². The fraction of sp³-hybridized carbons (Fsp3) is 0.458. The van der Waals surface area contributed by atoms with E-state index in [1.165, 1.54) is 0 Å². The second kappa shape index (κ2) is 9.31. The molecule has 0 saturated carbocycles. The molecule has 2 N–H and O–H groups in total. The zero-order valence-corrected chi connectivity index (χ0v) is 18.7. The van der Waals surface area contributed by atoms with Gasteiger partial charge < -0.3 is 20.1 Å². The van der Waals surface area contributed by atoms with E-state index in [-0.39, 0.29) is 23.7 Å². The maximum atomic E-state index is 12.3. The Balaban J connectivity index is 2.30. The van der Waals surface area contributed by atoms with Gasteiger partial charge in [0.1, 0.15) is 5.75 Å². The van der Waals surface area contributed by atoms with Crippen molar-refractivity contribution < 1.29 is 14.3 Å². The van der Waals surface area contributed by atoms with Crippen molar-refractivity contribution in [1.29, 1.82) is 0 Å². The smallest absolute Gasteiger partial charge is 0.319 e. The molecular formula is C24H34N2O3. The van der Waals surface area contributed by atoms with Crippen molar-refractivity contribution in [2.45, 2.75) is 58.9 Å². The van der Waals surface area contributed by atoms with Crippen LogP contribution in [0.1, 0.15) is 58.2 Å². The first kappa shape index (κ1) is 22.8. The predicted molar refractivity (Wildman–Crippen MR) is 119 cm³/mol. The summed E-state index contributed by atoms with van der Waals surface area (Å²) in [5, 5.41) is 5.80. The monoisotopic (exact) mass is 398 g/mol. The van der Waals surface area contributed by atoms with Crippen molar-refractivity contribution in [3.63, 3.8) is 0 Å². The van der Waals surface area contributed by atoms with Gasteiger partial charge in [-0.1, -0.05) is 59.7 Å². The van der Waals surface area contributed by atoms with Crippen LogP contribution in [0.3, 0.4) is 0 Å². The molecule has 158 valence electrons. The summed E-state index contributed by atoms with van der Waals surface area (Å²) in [6.07, 6.45) is 0. The van der Waals surface area contributed by atoms with E-state index < -0.39 is 0 Å². The number of carbonyl (C=O) groups is 1. The zero-order chi connectivity index (χ0) is 21.7. The first-order valence-electron chi connectivity index (χ1n) is 9.92. The number of nitrogens with one attached hydrogen (secondary N) is 2. The van der Waals surface area contributed by atoms with Gasteiger partial charge in [0, 0.05) is 30.5 Å². The van der Waals surface area contributed by atoms with Crippen LogP contribution >= 0.6 is 0 Å². The minimum atomic E-state index is -0.231. The highest BCUT2D eigenvalue weighted by Gasteiger charge is 2.28. The van der Waals surface area contributed by atoms with Gasteiger partial charge in [-0.3, -0.25) is 0 Å². The molecule has 2 amide bonds. The molecule has 0 spiro atoms. The summed E-state index contributed by atoms with van der Waals surface area (Å²) in [6, 6.07) is 13.4. The van der Waals surface area contributed by atoms with Crippen molar-refractivity contribution in [3.8, 4) is 5.75 Å². The minimum Gasteiger partial charge on any atom is -0.467 e. The van der Waals surface area contributed by atoms with E-state index in [1.54, 1.807) is 7.11 Å². The molecular weight excluding hydrogens is 364 g/mol.